The van der Waals surface area contributed by atoms with E-state index in [0.717, 1.165) is 19.7 Å². The van der Waals surface area contributed by atoms with E-state index < -0.39 is 0 Å². The molecule has 1 aliphatic rings. The molecule has 1 saturated heterocycles. The molecule has 2 rings (SSSR count). The van der Waals surface area contributed by atoms with Crippen molar-refractivity contribution in [3.63, 3.8) is 0 Å². The average molecular weight is 215 g/mol. The molecule has 1 aromatic heterocycles. The van der Waals surface area contributed by atoms with Gasteiger partial charge in [0.15, 0.2) is 0 Å². The lowest BCUT2D eigenvalue weighted by atomic mass is 10.3. The minimum Gasteiger partial charge on any atom is -0.374 e. The summed E-state index contributed by atoms with van der Waals surface area (Å²) in [5.41, 5.74) is 0. The highest BCUT2D eigenvalue weighted by Crippen LogP contribution is 2.04. The van der Waals surface area contributed by atoms with Crippen LogP contribution in [-0.2, 0) is 11.3 Å². The molecule has 78 valence electrons. The lowest BCUT2D eigenvalue weighted by molar-refractivity contribution is -0.0294. The first-order valence-corrected chi connectivity index (χ1v) is 4.94. The summed E-state index contributed by atoms with van der Waals surface area (Å²) in [7, 11) is 2.08. The number of rotatable bonds is 2. The van der Waals surface area contributed by atoms with E-state index in [2.05, 4.69) is 27.5 Å². The van der Waals surface area contributed by atoms with Crippen molar-refractivity contribution >= 4 is 12.2 Å². The zero-order chi connectivity index (χ0) is 9.97. The Morgan fingerprint density at radius 3 is 3.21 bits per heavy atom. The van der Waals surface area contributed by atoms with E-state index in [1.807, 2.05) is 0 Å². The quantitative estimate of drug-likeness (QED) is 0.684. The van der Waals surface area contributed by atoms with Crippen LogP contribution in [0.4, 0.5) is 0 Å². The Kier molecular flexibility index (Phi) is 2.90. The van der Waals surface area contributed by atoms with Crippen LogP contribution >= 0.6 is 12.2 Å². The summed E-state index contributed by atoms with van der Waals surface area (Å²) in [5.74, 6) is 0. The second kappa shape index (κ2) is 4.16. The molecule has 1 unspecified atom stereocenters. The van der Waals surface area contributed by atoms with Crippen molar-refractivity contribution in [2.45, 2.75) is 12.6 Å². The average Bonchev–Trinajstić information content (AvgIpc) is 2.52. The number of nitrogens with one attached hydrogen (secondary N) is 1. The molecule has 0 spiro atoms. The third kappa shape index (κ3) is 2.17. The number of nitrogens with zero attached hydrogens (tertiary/aromatic N) is 4. The molecular weight excluding hydrogens is 202 g/mol. The monoisotopic (exact) mass is 215 g/mol. The number of likely N-dealkylation sites (N-methyl/N-ethyl adjacent to an activating group) is 1. The fourth-order valence-corrected chi connectivity index (χ4v) is 1.67. The number of hydrogen-bond acceptors (Lipinski definition) is 5. The largest absolute Gasteiger partial charge is 0.374 e. The van der Waals surface area contributed by atoms with Crippen LogP contribution in [0.3, 0.4) is 0 Å². The van der Waals surface area contributed by atoms with Crippen molar-refractivity contribution in [2.24, 2.45) is 0 Å². The van der Waals surface area contributed by atoms with Gasteiger partial charge in [0.2, 0.25) is 4.77 Å². The molecule has 1 atom stereocenters. The third-order valence-electron chi connectivity index (χ3n) is 2.26. The molecule has 14 heavy (non-hydrogen) atoms. The van der Waals surface area contributed by atoms with Gasteiger partial charge in [0.1, 0.15) is 0 Å². The molecular formula is C7H13N5OS. The maximum atomic E-state index is 5.59. The third-order valence-corrected chi connectivity index (χ3v) is 2.56. The Labute approximate surface area is 86.8 Å². The van der Waals surface area contributed by atoms with Crippen molar-refractivity contribution < 1.29 is 4.74 Å². The molecule has 1 fully saturated rings. The van der Waals surface area contributed by atoms with E-state index >= 15 is 0 Å². The first-order chi connectivity index (χ1) is 6.75. The Morgan fingerprint density at radius 2 is 2.57 bits per heavy atom. The van der Waals surface area contributed by atoms with Crippen LogP contribution in [0, 0.1) is 4.77 Å². The molecule has 0 bridgehead atoms. The number of tetrazole rings is 1. The Balaban J connectivity index is 1.97. The molecule has 6 nitrogen and oxygen atoms in total. The maximum Gasteiger partial charge on any atom is 0.238 e. The molecule has 0 saturated carbocycles. The maximum absolute atomic E-state index is 5.59. The summed E-state index contributed by atoms with van der Waals surface area (Å²) in [4.78, 5) is 2.24. The van der Waals surface area contributed by atoms with Gasteiger partial charge in [-0.15, -0.1) is 0 Å². The zero-order valence-corrected chi connectivity index (χ0v) is 8.83. The fourth-order valence-electron chi connectivity index (χ4n) is 1.52. The normalized spacial score (nSPS) is 23.9. The van der Waals surface area contributed by atoms with E-state index in [9.17, 15) is 0 Å². The van der Waals surface area contributed by atoms with E-state index in [1.165, 1.54) is 0 Å². The van der Waals surface area contributed by atoms with Gasteiger partial charge < -0.3 is 9.64 Å². The number of aromatic nitrogens is 4. The van der Waals surface area contributed by atoms with Crippen LogP contribution in [-0.4, -0.2) is 58.0 Å². The molecule has 0 radical (unpaired) electrons. The van der Waals surface area contributed by atoms with Gasteiger partial charge >= 0.3 is 0 Å². The molecule has 2 heterocycles. The van der Waals surface area contributed by atoms with Gasteiger partial charge in [-0.05, 0) is 19.3 Å². The number of ether oxygens (including phenoxy) is 1. The van der Waals surface area contributed by atoms with Gasteiger partial charge in [-0.2, -0.15) is 5.21 Å². The van der Waals surface area contributed by atoms with Crippen molar-refractivity contribution in [1.29, 1.82) is 0 Å². The summed E-state index contributed by atoms with van der Waals surface area (Å²) >= 11 is 4.97. The van der Waals surface area contributed by atoms with Gasteiger partial charge in [0.25, 0.3) is 0 Å². The fraction of sp³-hybridized carbons (Fsp3) is 0.857. The number of H-pyrrole nitrogens is 1. The van der Waals surface area contributed by atoms with Gasteiger partial charge in [0, 0.05) is 13.1 Å². The van der Waals surface area contributed by atoms with E-state index in [1.54, 1.807) is 4.68 Å². The number of aromatic amines is 1. The molecule has 1 aromatic rings. The Bertz CT molecular complexity index is 348. The van der Waals surface area contributed by atoms with Crippen molar-refractivity contribution in [3.8, 4) is 0 Å². The Hall–Kier alpha value is -0.790. The van der Waals surface area contributed by atoms with Gasteiger partial charge in [-0.1, -0.05) is 10.3 Å². The Morgan fingerprint density at radius 1 is 1.71 bits per heavy atom. The zero-order valence-electron chi connectivity index (χ0n) is 8.01. The molecule has 0 amide bonds. The summed E-state index contributed by atoms with van der Waals surface area (Å²) in [6.07, 6.45) is 0.169. The summed E-state index contributed by atoms with van der Waals surface area (Å²) in [6.45, 7) is 3.37. The first kappa shape index (κ1) is 9.75. The smallest absolute Gasteiger partial charge is 0.238 e. The van der Waals surface area contributed by atoms with Crippen LogP contribution < -0.4 is 0 Å². The predicted molar refractivity (Wildman–Crippen MR) is 52.4 cm³/mol. The highest BCUT2D eigenvalue weighted by atomic mass is 32.1. The molecule has 1 N–H and O–H groups in total. The SMILES string of the molecule is CN1CCOC(Cn2[nH]nnc2=S)C1. The summed E-state index contributed by atoms with van der Waals surface area (Å²) < 4.78 is 7.79. The predicted octanol–water partition coefficient (Wildman–Crippen LogP) is -0.334. The van der Waals surface area contributed by atoms with Crippen LogP contribution in [0.15, 0.2) is 0 Å². The van der Waals surface area contributed by atoms with Crippen molar-refractivity contribution in [1.82, 2.24) is 25.1 Å². The van der Waals surface area contributed by atoms with Crippen LogP contribution in [0.1, 0.15) is 0 Å². The van der Waals surface area contributed by atoms with E-state index in [0.29, 0.717) is 11.3 Å². The number of morpholine rings is 1. The highest BCUT2D eigenvalue weighted by molar-refractivity contribution is 7.71. The summed E-state index contributed by atoms with van der Waals surface area (Å²) in [6, 6.07) is 0. The lowest BCUT2D eigenvalue weighted by Gasteiger charge is -2.29. The van der Waals surface area contributed by atoms with Crippen LogP contribution in [0.25, 0.3) is 0 Å². The molecule has 1 aliphatic heterocycles. The lowest BCUT2D eigenvalue weighted by Crippen LogP contribution is -2.42. The minimum atomic E-state index is 0.169. The molecule has 0 aliphatic carbocycles. The van der Waals surface area contributed by atoms with E-state index in [4.69, 9.17) is 17.0 Å². The number of hydrogen-bond donors (Lipinski definition) is 1. The van der Waals surface area contributed by atoms with Crippen molar-refractivity contribution in [3.05, 3.63) is 4.77 Å². The molecule has 0 aromatic carbocycles. The highest BCUT2D eigenvalue weighted by Gasteiger charge is 2.18. The van der Waals surface area contributed by atoms with E-state index in [-0.39, 0.29) is 6.10 Å². The first-order valence-electron chi connectivity index (χ1n) is 4.54. The summed E-state index contributed by atoms with van der Waals surface area (Å²) in [5, 5.41) is 10.0. The minimum absolute atomic E-state index is 0.169. The molecule has 7 heteroatoms. The van der Waals surface area contributed by atoms with Crippen LogP contribution in [0.2, 0.25) is 0 Å². The topological polar surface area (TPSA) is 59.0 Å². The second-order valence-electron chi connectivity index (χ2n) is 3.45. The second-order valence-corrected chi connectivity index (χ2v) is 3.81. The van der Waals surface area contributed by atoms with Crippen LogP contribution in [0.5, 0.6) is 0 Å². The van der Waals surface area contributed by atoms with Gasteiger partial charge in [-0.25, -0.2) is 4.68 Å². The standard InChI is InChI=1S/C7H13N5OS/c1-11-2-3-13-6(4-11)5-12-7(14)8-9-10-12/h6H,2-5H2,1H3,(H,8,10,14). The van der Waals surface area contributed by atoms with Gasteiger partial charge in [0.05, 0.1) is 19.3 Å². The van der Waals surface area contributed by atoms with Gasteiger partial charge in [-0.3, -0.25) is 0 Å². The van der Waals surface area contributed by atoms with Crippen molar-refractivity contribution in [2.75, 3.05) is 26.7 Å².